The predicted octanol–water partition coefficient (Wildman–Crippen LogP) is 3.80. The van der Waals surface area contributed by atoms with Crippen LogP contribution >= 0.6 is 0 Å². The van der Waals surface area contributed by atoms with Crippen LogP contribution in [0.4, 0.5) is 5.69 Å². The van der Waals surface area contributed by atoms with Crippen molar-refractivity contribution in [2.75, 3.05) is 25.1 Å². The van der Waals surface area contributed by atoms with Crippen LogP contribution in [0.5, 0.6) is 5.75 Å². The third kappa shape index (κ3) is 4.90. The summed E-state index contributed by atoms with van der Waals surface area (Å²) in [6.45, 7) is 10.6. The number of aliphatic hydroxyl groups is 1. The molecular formula is C22H33N3O2. The molecule has 0 saturated carbocycles. The number of piperidine rings is 1. The second-order valence-electron chi connectivity index (χ2n) is 9.08. The summed E-state index contributed by atoms with van der Waals surface area (Å²) >= 11 is 0. The molecule has 0 bridgehead atoms. The Bertz CT molecular complexity index is 772. The Morgan fingerprint density at radius 1 is 1.30 bits per heavy atom. The van der Waals surface area contributed by atoms with Gasteiger partial charge in [-0.3, -0.25) is 10.3 Å². The van der Waals surface area contributed by atoms with Gasteiger partial charge in [0.25, 0.3) is 0 Å². The first-order valence-corrected chi connectivity index (χ1v) is 9.87. The van der Waals surface area contributed by atoms with E-state index in [0.29, 0.717) is 5.92 Å². The minimum absolute atomic E-state index is 0.101. The molecule has 1 aliphatic heterocycles. The van der Waals surface area contributed by atoms with E-state index in [4.69, 9.17) is 4.74 Å². The topological polar surface area (TPSA) is 57.6 Å². The molecule has 148 valence electrons. The fourth-order valence-electron chi connectivity index (χ4n) is 4.15. The molecule has 0 radical (unpaired) electrons. The van der Waals surface area contributed by atoms with Crippen molar-refractivity contribution in [2.24, 2.45) is 11.3 Å². The second kappa shape index (κ2) is 8.03. The number of benzene rings is 1. The van der Waals surface area contributed by atoms with E-state index in [1.54, 1.807) is 13.3 Å². The van der Waals surface area contributed by atoms with Gasteiger partial charge in [-0.05, 0) is 48.4 Å². The monoisotopic (exact) mass is 371 g/mol. The first-order chi connectivity index (χ1) is 12.8. The first-order valence-electron chi connectivity index (χ1n) is 9.87. The first kappa shape index (κ1) is 19.9. The largest absolute Gasteiger partial charge is 0.494 e. The Hall–Kier alpha value is -1.85. The molecule has 2 aromatic rings. The van der Waals surface area contributed by atoms with Gasteiger partial charge in [0.05, 0.1) is 7.11 Å². The van der Waals surface area contributed by atoms with Gasteiger partial charge in [-0.25, -0.2) is 0 Å². The predicted molar refractivity (Wildman–Crippen MR) is 111 cm³/mol. The van der Waals surface area contributed by atoms with E-state index in [1.807, 2.05) is 12.1 Å². The molecule has 3 atom stereocenters. The van der Waals surface area contributed by atoms with Gasteiger partial charge in [-0.1, -0.05) is 27.7 Å². The van der Waals surface area contributed by atoms with Crippen LogP contribution in [0.25, 0.3) is 10.9 Å². The van der Waals surface area contributed by atoms with Crippen LogP contribution in [-0.4, -0.2) is 42.6 Å². The zero-order valence-electron chi connectivity index (χ0n) is 17.2. The molecule has 5 nitrogen and oxygen atoms in total. The second-order valence-corrected chi connectivity index (χ2v) is 9.08. The molecule has 5 heteroatoms. The Labute approximate surface area is 162 Å². The number of fused-ring (bicyclic) bond motifs is 1. The van der Waals surface area contributed by atoms with Gasteiger partial charge in [0.2, 0.25) is 0 Å². The molecule has 1 fully saturated rings. The summed E-state index contributed by atoms with van der Waals surface area (Å²) in [6, 6.07) is 8.47. The average molecular weight is 372 g/mol. The van der Waals surface area contributed by atoms with Crippen molar-refractivity contribution in [1.82, 2.24) is 10.3 Å². The van der Waals surface area contributed by atoms with Crippen molar-refractivity contribution in [1.29, 1.82) is 0 Å². The van der Waals surface area contributed by atoms with E-state index in [0.717, 1.165) is 42.6 Å². The lowest BCUT2D eigenvalue weighted by Crippen LogP contribution is -2.52. The van der Waals surface area contributed by atoms with Gasteiger partial charge in [0.15, 0.2) is 0 Å². The van der Waals surface area contributed by atoms with E-state index in [-0.39, 0.29) is 11.5 Å². The summed E-state index contributed by atoms with van der Waals surface area (Å²) < 4.78 is 5.48. The van der Waals surface area contributed by atoms with Crippen molar-refractivity contribution in [3.63, 3.8) is 0 Å². The molecule has 1 saturated heterocycles. The van der Waals surface area contributed by atoms with Crippen LogP contribution in [0.1, 0.15) is 40.5 Å². The number of hydrogen-bond donors (Lipinski definition) is 2. The number of nitrogens with zero attached hydrogens (tertiary/aromatic N) is 2. The van der Waals surface area contributed by atoms with E-state index in [2.05, 4.69) is 55.0 Å². The molecule has 2 N–H and O–H groups in total. The number of aliphatic hydroxyl groups excluding tert-OH is 1. The van der Waals surface area contributed by atoms with Gasteiger partial charge >= 0.3 is 0 Å². The lowest BCUT2D eigenvalue weighted by Gasteiger charge is -2.40. The lowest BCUT2D eigenvalue weighted by atomic mass is 9.90. The van der Waals surface area contributed by atoms with Crippen LogP contribution < -0.4 is 15.0 Å². The highest BCUT2D eigenvalue weighted by Gasteiger charge is 2.28. The summed E-state index contributed by atoms with van der Waals surface area (Å²) in [5.74, 6) is 1.35. The van der Waals surface area contributed by atoms with Crippen LogP contribution in [-0.2, 0) is 0 Å². The lowest BCUT2D eigenvalue weighted by molar-refractivity contribution is 0.0730. The number of aromatic nitrogens is 1. The van der Waals surface area contributed by atoms with Crippen LogP contribution in [0.3, 0.4) is 0 Å². The molecule has 3 rings (SSSR count). The quantitative estimate of drug-likeness (QED) is 0.783. The van der Waals surface area contributed by atoms with Crippen molar-refractivity contribution >= 4 is 16.6 Å². The number of anilines is 1. The van der Waals surface area contributed by atoms with Crippen LogP contribution in [0, 0.1) is 11.3 Å². The third-order valence-corrected chi connectivity index (χ3v) is 5.16. The summed E-state index contributed by atoms with van der Waals surface area (Å²) in [4.78, 5) is 6.94. The summed E-state index contributed by atoms with van der Waals surface area (Å²) in [5, 5.41) is 15.0. The van der Waals surface area contributed by atoms with Crippen molar-refractivity contribution in [3.05, 3.63) is 30.5 Å². The van der Waals surface area contributed by atoms with Crippen molar-refractivity contribution in [2.45, 2.75) is 52.8 Å². The maximum atomic E-state index is 10.5. The zero-order valence-corrected chi connectivity index (χ0v) is 17.2. The Balaban J connectivity index is 1.82. The van der Waals surface area contributed by atoms with Crippen LogP contribution in [0.15, 0.2) is 30.5 Å². The van der Waals surface area contributed by atoms with E-state index in [9.17, 15) is 5.11 Å². The van der Waals surface area contributed by atoms with Gasteiger partial charge in [0.1, 0.15) is 17.5 Å². The molecule has 1 aliphatic rings. The molecule has 0 spiro atoms. The molecule has 1 unspecified atom stereocenters. The van der Waals surface area contributed by atoms with E-state index in [1.165, 1.54) is 5.69 Å². The number of nitrogens with one attached hydrogen (secondary N) is 1. The highest BCUT2D eigenvalue weighted by atomic mass is 16.5. The molecule has 1 aromatic heterocycles. The summed E-state index contributed by atoms with van der Waals surface area (Å²) in [5.41, 5.74) is 2.18. The summed E-state index contributed by atoms with van der Waals surface area (Å²) in [7, 11) is 1.68. The summed E-state index contributed by atoms with van der Waals surface area (Å²) in [6.07, 6.45) is 3.15. The smallest absolute Gasteiger partial charge is 0.145 e. The average Bonchev–Trinajstić information content (AvgIpc) is 2.58. The van der Waals surface area contributed by atoms with E-state index >= 15 is 0 Å². The number of pyridine rings is 1. The molecule has 0 amide bonds. The minimum Gasteiger partial charge on any atom is -0.494 e. The molecular weight excluding hydrogens is 338 g/mol. The van der Waals surface area contributed by atoms with Gasteiger partial charge < -0.3 is 14.7 Å². The van der Waals surface area contributed by atoms with Crippen LogP contribution in [0.2, 0.25) is 0 Å². The number of hydrogen-bond acceptors (Lipinski definition) is 5. The SMILES string of the molecule is COc1ccc(N2C[C@@H](C)C[C@@H](NC(O)CC(C)(C)C)C2)c2cccnc12. The van der Waals surface area contributed by atoms with Gasteiger partial charge in [-0.15, -0.1) is 0 Å². The molecule has 2 heterocycles. The Morgan fingerprint density at radius 3 is 2.78 bits per heavy atom. The highest BCUT2D eigenvalue weighted by molar-refractivity contribution is 5.95. The van der Waals surface area contributed by atoms with Gasteiger partial charge in [0, 0.05) is 36.4 Å². The number of methoxy groups -OCH3 is 1. The number of ether oxygens (including phenoxy) is 1. The minimum atomic E-state index is -0.476. The standard InChI is InChI=1S/C22H33N3O2/c1-15-11-16(24-20(26)12-22(2,3)4)14-25(13-15)18-8-9-19(27-5)21-17(18)7-6-10-23-21/h6-10,15-16,20,24,26H,11-14H2,1-5H3/t15-,16+,20?/m0/s1. The van der Waals surface area contributed by atoms with Gasteiger partial charge in [-0.2, -0.15) is 0 Å². The van der Waals surface area contributed by atoms with Crippen molar-refractivity contribution in [3.8, 4) is 5.75 Å². The zero-order chi connectivity index (χ0) is 19.6. The molecule has 0 aliphatic carbocycles. The Morgan fingerprint density at radius 2 is 2.07 bits per heavy atom. The van der Waals surface area contributed by atoms with Crippen molar-refractivity contribution < 1.29 is 9.84 Å². The maximum absolute atomic E-state index is 10.5. The third-order valence-electron chi connectivity index (χ3n) is 5.16. The normalized spacial score (nSPS) is 22.1. The van der Waals surface area contributed by atoms with E-state index < -0.39 is 6.23 Å². The fraction of sp³-hybridized carbons (Fsp3) is 0.591. The number of rotatable bonds is 5. The fourth-order valence-corrected chi connectivity index (χ4v) is 4.15. The molecule has 27 heavy (non-hydrogen) atoms. The maximum Gasteiger partial charge on any atom is 0.145 e. The molecule has 1 aromatic carbocycles. The Kier molecular flexibility index (Phi) is 5.92. The highest BCUT2D eigenvalue weighted by Crippen LogP contribution is 2.34.